The predicted octanol–water partition coefficient (Wildman–Crippen LogP) is 3.70. The van der Waals surface area contributed by atoms with Crippen molar-refractivity contribution in [2.45, 2.75) is 6.92 Å². The highest BCUT2D eigenvalue weighted by atomic mass is 19.1. The minimum Gasteiger partial charge on any atom is -0.306 e. The molecule has 0 spiro atoms. The monoisotopic (exact) mass is 413 g/mol. The number of amides is 1. The molecule has 5 aromatic rings. The van der Waals surface area contributed by atoms with Crippen molar-refractivity contribution in [2.75, 3.05) is 5.32 Å². The Morgan fingerprint density at radius 3 is 2.55 bits per heavy atom. The van der Waals surface area contributed by atoms with E-state index in [4.69, 9.17) is 0 Å². The fourth-order valence-corrected chi connectivity index (χ4v) is 3.30. The highest BCUT2D eigenvalue weighted by molar-refractivity contribution is 6.04. The quantitative estimate of drug-likeness (QED) is 0.485. The van der Waals surface area contributed by atoms with E-state index >= 15 is 0 Å². The number of hydrogen-bond donors (Lipinski definition) is 1. The SMILES string of the molecule is Cc1cc(NC(=O)c2ccc(F)cc2)n(-c2ncnc3c2cnn3-c2ccccc2)n1. The summed E-state index contributed by atoms with van der Waals surface area (Å²) in [5.74, 6) is 0.122. The predicted molar refractivity (Wildman–Crippen MR) is 113 cm³/mol. The highest BCUT2D eigenvalue weighted by Crippen LogP contribution is 2.24. The van der Waals surface area contributed by atoms with Crippen molar-refractivity contribution in [3.05, 3.63) is 90.3 Å². The standard InChI is InChI=1S/C22H16FN7O/c1-14-11-19(27-22(31)15-7-9-16(23)10-8-15)30(28-14)21-18-12-26-29(20(18)24-13-25-21)17-5-3-2-4-6-17/h2-13H,1H3,(H,27,31). The Bertz CT molecular complexity index is 1390. The van der Waals surface area contributed by atoms with Gasteiger partial charge in [0, 0.05) is 11.6 Å². The normalized spacial score (nSPS) is 11.0. The van der Waals surface area contributed by atoms with E-state index in [1.54, 1.807) is 16.9 Å². The number of aryl methyl sites for hydroxylation is 1. The van der Waals surface area contributed by atoms with Gasteiger partial charge >= 0.3 is 0 Å². The summed E-state index contributed by atoms with van der Waals surface area (Å²) >= 11 is 0. The summed E-state index contributed by atoms with van der Waals surface area (Å²) in [5.41, 5.74) is 2.50. The second-order valence-corrected chi connectivity index (χ2v) is 6.87. The van der Waals surface area contributed by atoms with Gasteiger partial charge in [-0.2, -0.15) is 14.9 Å². The van der Waals surface area contributed by atoms with Crippen LogP contribution in [0, 0.1) is 12.7 Å². The average Bonchev–Trinajstić information content (AvgIpc) is 3.38. The maximum atomic E-state index is 13.2. The Balaban J connectivity index is 1.56. The number of carbonyl (C=O) groups is 1. The van der Waals surface area contributed by atoms with Crippen LogP contribution >= 0.6 is 0 Å². The molecule has 0 saturated carbocycles. The van der Waals surface area contributed by atoms with E-state index in [0.29, 0.717) is 33.9 Å². The average molecular weight is 413 g/mol. The number of benzene rings is 2. The van der Waals surface area contributed by atoms with E-state index in [-0.39, 0.29) is 5.91 Å². The lowest BCUT2D eigenvalue weighted by Crippen LogP contribution is -2.15. The van der Waals surface area contributed by atoms with Crippen molar-refractivity contribution in [3.63, 3.8) is 0 Å². The van der Waals surface area contributed by atoms with Gasteiger partial charge in [-0.3, -0.25) is 4.79 Å². The number of fused-ring (bicyclic) bond motifs is 1. The van der Waals surface area contributed by atoms with Gasteiger partial charge in [-0.1, -0.05) is 18.2 Å². The molecule has 0 aliphatic heterocycles. The molecule has 2 aromatic carbocycles. The number of nitrogens with one attached hydrogen (secondary N) is 1. The molecule has 9 heteroatoms. The second-order valence-electron chi connectivity index (χ2n) is 6.87. The van der Waals surface area contributed by atoms with Gasteiger partial charge in [0.15, 0.2) is 11.5 Å². The third-order valence-electron chi connectivity index (χ3n) is 4.73. The minimum atomic E-state index is -0.406. The minimum absolute atomic E-state index is 0.330. The molecule has 31 heavy (non-hydrogen) atoms. The number of anilines is 1. The van der Waals surface area contributed by atoms with E-state index in [9.17, 15) is 9.18 Å². The van der Waals surface area contributed by atoms with Gasteiger partial charge in [0.25, 0.3) is 5.91 Å². The van der Waals surface area contributed by atoms with Crippen LogP contribution in [-0.2, 0) is 0 Å². The second kappa shape index (κ2) is 7.45. The van der Waals surface area contributed by atoms with Crippen LogP contribution in [0.3, 0.4) is 0 Å². The lowest BCUT2D eigenvalue weighted by Gasteiger charge is -2.09. The molecule has 3 aromatic heterocycles. The van der Waals surface area contributed by atoms with Gasteiger partial charge in [0.2, 0.25) is 0 Å². The zero-order valence-corrected chi connectivity index (χ0v) is 16.4. The van der Waals surface area contributed by atoms with E-state index in [2.05, 4.69) is 25.5 Å². The lowest BCUT2D eigenvalue weighted by atomic mass is 10.2. The Morgan fingerprint density at radius 2 is 1.77 bits per heavy atom. The van der Waals surface area contributed by atoms with Crippen molar-refractivity contribution in [3.8, 4) is 11.5 Å². The molecule has 1 amide bonds. The summed E-state index contributed by atoms with van der Waals surface area (Å²) in [7, 11) is 0. The van der Waals surface area contributed by atoms with Crippen LogP contribution in [0.15, 0.2) is 73.2 Å². The molecule has 0 fully saturated rings. The van der Waals surface area contributed by atoms with Gasteiger partial charge in [-0.15, -0.1) is 0 Å². The van der Waals surface area contributed by atoms with Crippen LogP contribution in [0.25, 0.3) is 22.5 Å². The van der Waals surface area contributed by atoms with Crippen molar-refractivity contribution in [1.82, 2.24) is 29.5 Å². The maximum absolute atomic E-state index is 13.2. The van der Waals surface area contributed by atoms with Gasteiger partial charge in [-0.25, -0.2) is 19.0 Å². The summed E-state index contributed by atoms with van der Waals surface area (Å²) in [6, 6.07) is 16.7. The van der Waals surface area contributed by atoms with Crippen LogP contribution in [0.5, 0.6) is 0 Å². The first-order chi connectivity index (χ1) is 15.1. The first-order valence-electron chi connectivity index (χ1n) is 9.48. The molecule has 0 atom stereocenters. The molecule has 0 aliphatic rings. The fraction of sp³-hybridized carbons (Fsp3) is 0.0455. The molecule has 1 N–H and O–H groups in total. The Morgan fingerprint density at radius 1 is 1.00 bits per heavy atom. The maximum Gasteiger partial charge on any atom is 0.256 e. The fourth-order valence-electron chi connectivity index (χ4n) is 3.30. The molecule has 0 unspecified atom stereocenters. The summed E-state index contributed by atoms with van der Waals surface area (Å²) < 4.78 is 16.4. The molecule has 3 heterocycles. The number of para-hydroxylation sites is 1. The first-order valence-corrected chi connectivity index (χ1v) is 9.48. The van der Waals surface area contributed by atoms with Crippen LogP contribution in [0.2, 0.25) is 0 Å². The topological polar surface area (TPSA) is 90.5 Å². The van der Waals surface area contributed by atoms with E-state index in [1.807, 2.05) is 37.3 Å². The number of halogens is 1. The van der Waals surface area contributed by atoms with Gasteiger partial charge in [0.05, 0.1) is 23.0 Å². The number of carbonyl (C=O) groups excluding carboxylic acids is 1. The molecule has 5 rings (SSSR count). The van der Waals surface area contributed by atoms with Gasteiger partial charge in [0.1, 0.15) is 18.0 Å². The molecule has 0 bridgehead atoms. The Hall–Kier alpha value is -4.40. The van der Waals surface area contributed by atoms with Gasteiger partial charge in [-0.05, 0) is 43.3 Å². The summed E-state index contributed by atoms with van der Waals surface area (Å²) in [6.07, 6.45) is 3.10. The zero-order chi connectivity index (χ0) is 21.4. The molecule has 0 aliphatic carbocycles. The molecule has 8 nitrogen and oxygen atoms in total. The highest BCUT2D eigenvalue weighted by Gasteiger charge is 2.18. The van der Waals surface area contributed by atoms with Crippen LogP contribution in [0.4, 0.5) is 10.2 Å². The Labute approximate surface area is 176 Å². The van der Waals surface area contributed by atoms with Gasteiger partial charge < -0.3 is 5.32 Å². The third-order valence-corrected chi connectivity index (χ3v) is 4.73. The van der Waals surface area contributed by atoms with Crippen molar-refractivity contribution in [2.24, 2.45) is 0 Å². The third kappa shape index (κ3) is 3.42. The summed E-state index contributed by atoms with van der Waals surface area (Å²) in [6.45, 7) is 1.82. The molecular weight excluding hydrogens is 397 g/mol. The smallest absolute Gasteiger partial charge is 0.256 e. The number of nitrogens with zero attached hydrogens (tertiary/aromatic N) is 6. The molecular formula is C22H16FN7O. The number of rotatable bonds is 4. The molecule has 0 saturated heterocycles. The van der Waals surface area contributed by atoms with Crippen molar-refractivity contribution >= 4 is 22.8 Å². The van der Waals surface area contributed by atoms with Crippen LogP contribution in [0.1, 0.15) is 16.1 Å². The van der Waals surface area contributed by atoms with E-state index < -0.39 is 5.82 Å². The number of hydrogen-bond acceptors (Lipinski definition) is 5. The van der Waals surface area contributed by atoms with E-state index in [0.717, 1.165) is 5.69 Å². The summed E-state index contributed by atoms with van der Waals surface area (Å²) in [4.78, 5) is 21.4. The number of aromatic nitrogens is 6. The first kappa shape index (κ1) is 18.6. The molecule has 152 valence electrons. The molecule has 0 radical (unpaired) electrons. The zero-order valence-electron chi connectivity index (χ0n) is 16.4. The van der Waals surface area contributed by atoms with Crippen LogP contribution in [-0.4, -0.2) is 35.4 Å². The van der Waals surface area contributed by atoms with Crippen LogP contribution < -0.4 is 5.32 Å². The largest absolute Gasteiger partial charge is 0.306 e. The summed E-state index contributed by atoms with van der Waals surface area (Å²) in [5, 5.41) is 12.4. The van der Waals surface area contributed by atoms with Crippen molar-refractivity contribution < 1.29 is 9.18 Å². The lowest BCUT2D eigenvalue weighted by molar-refractivity contribution is 0.102. The van der Waals surface area contributed by atoms with Crippen molar-refractivity contribution in [1.29, 1.82) is 0 Å². The Kier molecular flexibility index (Phi) is 4.47. The van der Waals surface area contributed by atoms with E-state index in [1.165, 1.54) is 35.3 Å².